The van der Waals surface area contributed by atoms with Crippen LogP contribution >= 0.6 is 0 Å². The van der Waals surface area contributed by atoms with Crippen LogP contribution in [0.5, 0.6) is 0 Å². The van der Waals surface area contributed by atoms with Crippen molar-refractivity contribution in [1.82, 2.24) is 14.4 Å². The number of aromatic nitrogens is 2. The number of benzene rings is 2. The maximum Gasteiger partial charge on any atom is 0.245 e. The summed E-state index contributed by atoms with van der Waals surface area (Å²) < 4.78 is 45.9. The molecule has 0 aliphatic carbocycles. The molecule has 1 unspecified atom stereocenters. The molecular formula is C19H18FN3O3S. The van der Waals surface area contributed by atoms with Crippen LogP contribution in [-0.2, 0) is 10.0 Å². The standard InChI is InChI=1S/C19H18FN3O3S/c1-13-4-10-16(11-5-13)27(24,25)23-12-2-3-17(23)19-21-18(22-26-19)14-6-8-15(20)9-7-14/h4-11,17H,2-3,12H2,1H3. The Kier molecular flexibility index (Phi) is 4.53. The van der Waals surface area contributed by atoms with E-state index in [-0.39, 0.29) is 16.6 Å². The van der Waals surface area contributed by atoms with E-state index in [4.69, 9.17) is 4.52 Å². The van der Waals surface area contributed by atoms with E-state index in [0.717, 1.165) is 5.56 Å². The van der Waals surface area contributed by atoms with Crippen LogP contribution in [0.1, 0.15) is 30.3 Å². The average Bonchev–Trinajstić information content (AvgIpc) is 3.32. The molecule has 3 aromatic rings. The van der Waals surface area contributed by atoms with Gasteiger partial charge in [-0.2, -0.15) is 9.29 Å². The summed E-state index contributed by atoms with van der Waals surface area (Å²) in [4.78, 5) is 4.61. The molecule has 0 radical (unpaired) electrons. The Labute approximate surface area is 156 Å². The molecule has 1 fully saturated rings. The van der Waals surface area contributed by atoms with E-state index in [9.17, 15) is 12.8 Å². The predicted octanol–water partition coefficient (Wildman–Crippen LogP) is 3.71. The van der Waals surface area contributed by atoms with Gasteiger partial charge in [0, 0.05) is 12.1 Å². The topological polar surface area (TPSA) is 76.3 Å². The Bertz CT molecular complexity index is 1050. The molecule has 1 aliphatic heterocycles. The molecule has 0 saturated carbocycles. The van der Waals surface area contributed by atoms with Gasteiger partial charge >= 0.3 is 0 Å². The maximum absolute atomic E-state index is 13.1. The van der Waals surface area contributed by atoms with Gasteiger partial charge in [-0.15, -0.1) is 0 Å². The highest BCUT2D eigenvalue weighted by Crippen LogP contribution is 2.36. The molecule has 27 heavy (non-hydrogen) atoms. The van der Waals surface area contributed by atoms with E-state index in [2.05, 4.69) is 10.1 Å². The van der Waals surface area contributed by atoms with Crippen LogP contribution in [0.3, 0.4) is 0 Å². The smallest absolute Gasteiger partial charge is 0.245 e. The highest BCUT2D eigenvalue weighted by molar-refractivity contribution is 7.89. The third kappa shape index (κ3) is 3.38. The van der Waals surface area contributed by atoms with Crippen molar-refractivity contribution < 1.29 is 17.3 Å². The van der Waals surface area contributed by atoms with Crippen LogP contribution in [0.25, 0.3) is 11.4 Å². The molecule has 0 bridgehead atoms. The summed E-state index contributed by atoms with van der Waals surface area (Å²) in [6.45, 7) is 2.31. The maximum atomic E-state index is 13.1. The van der Waals surface area contributed by atoms with Gasteiger partial charge in [0.05, 0.1) is 4.90 Å². The number of halogens is 1. The molecule has 0 spiro atoms. The molecule has 4 rings (SSSR count). The first-order valence-corrected chi connectivity index (χ1v) is 10.1. The monoisotopic (exact) mass is 387 g/mol. The molecule has 6 nitrogen and oxygen atoms in total. The molecule has 1 aliphatic rings. The first-order valence-electron chi connectivity index (χ1n) is 8.63. The molecular weight excluding hydrogens is 369 g/mol. The van der Waals surface area contributed by atoms with E-state index >= 15 is 0 Å². The van der Waals surface area contributed by atoms with Crippen LogP contribution < -0.4 is 0 Å². The zero-order chi connectivity index (χ0) is 19.0. The van der Waals surface area contributed by atoms with Crippen LogP contribution in [0.4, 0.5) is 4.39 Å². The quantitative estimate of drug-likeness (QED) is 0.682. The number of hydrogen-bond acceptors (Lipinski definition) is 5. The van der Waals surface area contributed by atoms with Crippen molar-refractivity contribution in [2.24, 2.45) is 0 Å². The van der Waals surface area contributed by atoms with Crippen molar-refractivity contribution in [3.05, 3.63) is 65.8 Å². The SMILES string of the molecule is Cc1ccc(S(=O)(=O)N2CCCC2c2nc(-c3ccc(F)cc3)no2)cc1. The Morgan fingerprint density at radius 1 is 1.11 bits per heavy atom. The second kappa shape index (κ2) is 6.86. The fourth-order valence-electron chi connectivity index (χ4n) is 3.21. The van der Waals surface area contributed by atoms with Crippen LogP contribution in [0, 0.1) is 12.7 Å². The lowest BCUT2D eigenvalue weighted by Crippen LogP contribution is -2.30. The lowest BCUT2D eigenvalue weighted by Gasteiger charge is -2.21. The molecule has 1 atom stereocenters. The van der Waals surface area contributed by atoms with Gasteiger partial charge in [-0.05, 0) is 56.2 Å². The van der Waals surface area contributed by atoms with Crippen molar-refractivity contribution in [3.63, 3.8) is 0 Å². The highest BCUT2D eigenvalue weighted by atomic mass is 32.2. The number of hydrogen-bond donors (Lipinski definition) is 0. The van der Waals surface area contributed by atoms with Gasteiger partial charge in [-0.25, -0.2) is 12.8 Å². The van der Waals surface area contributed by atoms with Crippen molar-refractivity contribution in [3.8, 4) is 11.4 Å². The van der Waals surface area contributed by atoms with Gasteiger partial charge in [0.15, 0.2) is 0 Å². The summed E-state index contributed by atoms with van der Waals surface area (Å²) in [5.41, 5.74) is 1.60. The third-order valence-corrected chi connectivity index (χ3v) is 6.58. The van der Waals surface area contributed by atoms with Gasteiger partial charge in [-0.3, -0.25) is 0 Å². The second-order valence-corrected chi connectivity index (χ2v) is 8.44. The zero-order valence-corrected chi connectivity index (χ0v) is 15.5. The van der Waals surface area contributed by atoms with E-state index in [1.54, 1.807) is 36.4 Å². The normalized spacial score (nSPS) is 18.1. The lowest BCUT2D eigenvalue weighted by molar-refractivity contribution is 0.290. The van der Waals surface area contributed by atoms with Crippen molar-refractivity contribution in [1.29, 1.82) is 0 Å². The van der Waals surface area contributed by atoms with Crippen LogP contribution in [0.2, 0.25) is 0 Å². The predicted molar refractivity (Wildman–Crippen MR) is 96.7 cm³/mol. The fraction of sp³-hybridized carbons (Fsp3) is 0.263. The van der Waals surface area contributed by atoms with E-state index in [1.165, 1.54) is 16.4 Å². The van der Waals surface area contributed by atoms with Gasteiger partial charge in [-0.1, -0.05) is 22.9 Å². The van der Waals surface area contributed by atoms with Gasteiger partial charge in [0.1, 0.15) is 11.9 Å². The minimum atomic E-state index is -3.66. The minimum Gasteiger partial charge on any atom is -0.337 e. The molecule has 1 saturated heterocycles. The molecule has 2 heterocycles. The largest absolute Gasteiger partial charge is 0.337 e. The summed E-state index contributed by atoms with van der Waals surface area (Å²) in [5, 5.41) is 3.93. The third-order valence-electron chi connectivity index (χ3n) is 4.66. The molecule has 0 N–H and O–H groups in total. The highest BCUT2D eigenvalue weighted by Gasteiger charge is 2.39. The van der Waals surface area contributed by atoms with Crippen molar-refractivity contribution in [2.75, 3.05) is 6.54 Å². The molecule has 140 valence electrons. The summed E-state index contributed by atoms with van der Waals surface area (Å²) in [6, 6.07) is 12.0. The van der Waals surface area contributed by atoms with Gasteiger partial charge < -0.3 is 4.52 Å². The van der Waals surface area contributed by atoms with E-state index in [1.807, 2.05) is 6.92 Å². The molecule has 0 amide bonds. The van der Waals surface area contributed by atoms with Crippen molar-refractivity contribution >= 4 is 10.0 Å². The van der Waals surface area contributed by atoms with Gasteiger partial charge in [0.25, 0.3) is 0 Å². The number of aryl methyl sites for hydroxylation is 1. The Hall–Kier alpha value is -2.58. The lowest BCUT2D eigenvalue weighted by atomic mass is 10.2. The van der Waals surface area contributed by atoms with Crippen LogP contribution in [-0.4, -0.2) is 29.4 Å². The van der Waals surface area contributed by atoms with Crippen LogP contribution in [0.15, 0.2) is 57.9 Å². The summed E-state index contributed by atoms with van der Waals surface area (Å²) in [7, 11) is -3.66. The Morgan fingerprint density at radius 3 is 2.52 bits per heavy atom. The second-order valence-electron chi connectivity index (χ2n) is 6.55. The zero-order valence-electron chi connectivity index (χ0n) is 14.7. The number of nitrogens with zero attached hydrogens (tertiary/aromatic N) is 3. The van der Waals surface area contributed by atoms with E-state index in [0.29, 0.717) is 30.8 Å². The van der Waals surface area contributed by atoms with E-state index < -0.39 is 16.1 Å². The van der Waals surface area contributed by atoms with Crippen molar-refractivity contribution in [2.45, 2.75) is 30.7 Å². The Balaban J connectivity index is 1.64. The first kappa shape index (κ1) is 17.8. The number of rotatable bonds is 4. The minimum absolute atomic E-state index is 0.248. The summed E-state index contributed by atoms with van der Waals surface area (Å²) in [6.07, 6.45) is 1.32. The molecule has 1 aromatic heterocycles. The average molecular weight is 387 g/mol. The number of sulfonamides is 1. The molecule has 8 heteroatoms. The van der Waals surface area contributed by atoms with Gasteiger partial charge in [0.2, 0.25) is 21.7 Å². The Morgan fingerprint density at radius 2 is 1.81 bits per heavy atom. The fourth-order valence-corrected chi connectivity index (χ4v) is 4.86. The first-order chi connectivity index (χ1) is 12.9. The summed E-state index contributed by atoms with van der Waals surface area (Å²) >= 11 is 0. The molecule has 2 aromatic carbocycles. The summed E-state index contributed by atoms with van der Waals surface area (Å²) in [5.74, 6) is 0.209.